The molecule has 0 bridgehead atoms. The van der Waals surface area contributed by atoms with Crippen LogP contribution in [0.5, 0.6) is 0 Å². The molecule has 19 heavy (non-hydrogen) atoms. The molecule has 0 spiro atoms. The molecule has 2 aromatic rings. The van der Waals surface area contributed by atoms with Crippen molar-refractivity contribution >= 4 is 47.6 Å². The number of anilines is 1. The summed E-state index contributed by atoms with van der Waals surface area (Å²) in [6, 6.07) is 12.0. The molecule has 0 radical (unpaired) electrons. The Labute approximate surface area is 129 Å². The number of halogens is 2. The molecule has 0 amide bonds. The first-order valence-corrected chi connectivity index (χ1v) is 8.50. The average molecular weight is 405 g/mol. The molecule has 6 heteroatoms. The summed E-state index contributed by atoms with van der Waals surface area (Å²) in [6.45, 7) is 1.94. The predicted octanol–water partition coefficient (Wildman–Crippen LogP) is 4.32. The fraction of sp³-hybridized carbons (Fsp3) is 0.0769. The van der Waals surface area contributed by atoms with Crippen molar-refractivity contribution in [2.75, 3.05) is 4.72 Å². The van der Waals surface area contributed by atoms with Crippen LogP contribution in [0.4, 0.5) is 5.69 Å². The average Bonchev–Trinajstić information content (AvgIpc) is 2.34. The molecule has 0 saturated heterocycles. The van der Waals surface area contributed by atoms with Gasteiger partial charge in [0.2, 0.25) is 0 Å². The molecule has 100 valence electrons. The molecule has 2 rings (SSSR count). The lowest BCUT2D eigenvalue weighted by Gasteiger charge is -2.10. The standard InChI is InChI=1S/C13H11Br2NO2S/c1-9-6-7-10(8-12(9)15)16-19(17,18)13-5-3-2-4-11(13)14/h2-8,16H,1H3. The van der Waals surface area contributed by atoms with E-state index in [-0.39, 0.29) is 4.90 Å². The van der Waals surface area contributed by atoms with E-state index in [1.807, 2.05) is 13.0 Å². The molecule has 0 aliphatic rings. The molecule has 0 aromatic heterocycles. The molecule has 0 heterocycles. The highest BCUT2D eigenvalue weighted by Crippen LogP contribution is 2.26. The zero-order chi connectivity index (χ0) is 14.0. The second kappa shape index (κ2) is 5.64. The van der Waals surface area contributed by atoms with Gasteiger partial charge in [0, 0.05) is 14.6 Å². The number of sulfonamides is 1. The van der Waals surface area contributed by atoms with E-state index in [0.717, 1.165) is 10.0 Å². The fourth-order valence-electron chi connectivity index (χ4n) is 1.53. The first-order valence-electron chi connectivity index (χ1n) is 5.43. The van der Waals surface area contributed by atoms with Crippen molar-refractivity contribution in [3.63, 3.8) is 0 Å². The third kappa shape index (κ3) is 3.38. The Balaban J connectivity index is 2.37. The summed E-state index contributed by atoms with van der Waals surface area (Å²) in [5.74, 6) is 0. The van der Waals surface area contributed by atoms with Crippen LogP contribution in [0.15, 0.2) is 56.3 Å². The maximum Gasteiger partial charge on any atom is 0.263 e. The van der Waals surface area contributed by atoms with Gasteiger partial charge in [-0.2, -0.15) is 0 Å². The van der Waals surface area contributed by atoms with Crippen LogP contribution in [0, 0.1) is 6.92 Å². The predicted molar refractivity (Wildman–Crippen MR) is 83.8 cm³/mol. The van der Waals surface area contributed by atoms with E-state index in [1.165, 1.54) is 0 Å². The second-order valence-corrected chi connectivity index (χ2v) is 7.36. The third-order valence-corrected chi connectivity index (χ3v) is 5.80. The van der Waals surface area contributed by atoms with Crippen LogP contribution in [-0.4, -0.2) is 8.42 Å². The summed E-state index contributed by atoms with van der Waals surface area (Å²) in [6.07, 6.45) is 0. The van der Waals surface area contributed by atoms with Crippen molar-refractivity contribution < 1.29 is 8.42 Å². The number of hydrogen-bond donors (Lipinski definition) is 1. The molecule has 3 nitrogen and oxygen atoms in total. The van der Waals surface area contributed by atoms with Gasteiger partial charge in [-0.15, -0.1) is 0 Å². The van der Waals surface area contributed by atoms with Crippen LogP contribution in [0.2, 0.25) is 0 Å². The maximum absolute atomic E-state index is 12.3. The van der Waals surface area contributed by atoms with E-state index in [1.54, 1.807) is 36.4 Å². The number of nitrogens with one attached hydrogen (secondary N) is 1. The van der Waals surface area contributed by atoms with Gasteiger partial charge in [0.05, 0.1) is 0 Å². The van der Waals surface area contributed by atoms with Gasteiger partial charge in [0.15, 0.2) is 0 Å². The van der Waals surface area contributed by atoms with E-state index in [9.17, 15) is 8.42 Å². The Bertz CT molecular complexity index is 714. The lowest BCUT2D eigenvalue weighted by Crippen LogP contribution is -2.13. The molecular formula is C13H11Br2NO2S. The van der Waals surface area contributed by atoms with Crippen LogP contribution in [0.3, 0.4) is 0 Å². The van der Waals surface area contributed by atoms with Gasteiger partial charge in [0.1, 0.15) is 4.90 Å². The van der Waals surface area contributed by atoms with Gasteiger partial charge < -0.3 is 0 Å². The zero-order valence-electron chi connectivity index (χ0n) is 10.0. The molecule has 0 aliphatic heterocycles. The van der Waals surface area contributed by atoms with E-state index in [4.69, 9.17) is 0 Å². The van der Waals surface area contributed by atoms with Crippen LogP contribution in [0.25, 0.3) is 0 Å². The molecule has 0 unspecified atom stereocenters. The quantitative estimate of drug-likeness (QED) is 0.827. The SMILES string of the molecule is Cc1ccc(NS(=O)(=O)c2ccccc2Br)cc1Br. The number of hydrogen-bond acceptors (Lipinski definition) is 2. The van der Waals surface area contributed by atoms with Gasteiger partial charge in [-0.3, -0.25) is 4.72 Å². The van der Waals surface area contributed by atoms with E-state index < -0.39 is 10.0 Å². The van der Waals surface area contributed by atoms with E-state index in [0.29, 0.717) is 10.2 Å². The van der Waals surface area contributed by atoms with E-state index in [2.05, 4.69) is 36.6 Å². The third-order valence-electron chi connectivity index (χ3n) is 2.55. The molecule has 0 aliphatic carbocycles. The largest absolute Gasteiger partial charge is 0.280 e. The van der Waals surface area contributed by atoms with Crippen molar-refractivity contribution in [1.82, 2.24) is 0 Å². The summed E-state index contributed by atoms with van der Waals surface area (Å²) >= 11 is 6.62. The van der Waals surface area contributed by atoms with Gasteiger partial charge >= 0.3 is 0 Å². The summed E-state index contributed by atoms with van der Waals surface area (Å²) < 4.78 is 28.5. The molecule has 0 saturated carbocycles. The summed E-state index contributed by atoms with van der Waals surface area (Å²) in [7, 11) is -3.59. The number of rotatable bonds is 3. The highest BCUT2D eigenvalue weighted by Gasteiger charge is 2.17. The Morgan fingerprint density at radius 2 is 1.68 bits per heavy atom. The van der Waals surface area contributed by atoms with Crippen molar-refractivity contribution in [1.29, 1.82) is 0 Å². The van der Waals surface area contributed by atoms with Gasteiger partial charge in [0.25, 0.3) is 10.0 Å². The minimum Gasteiger partial charge on any atom is -0.280 e. The van der Waals surface area contributed by atoms with Crippen molar-refractivity contribution in [2.24, 2.45) is 0 Å². The lowest BCUT2D eigenvalue weighted by atomic mass is 10.2. The molecule has 0 fully saturated rings. The smallest absolute Gasteiger partial charge is 0.263 e. The Kier molecular flexibility index (Phi) is 4.32. The zero-order valence-corrected chi connectivity index (χ0v) is 14.0. The highest BCUT2D eigenvalue weighted by molar-refractivity contribution is 9.10. The van der Waals surface area contributed by atoms with Crippen molar-refractivity contribution in [2.45, 2.75) is 11.8 Å². The minimum atomic E-state index is -3.59. The monoisotopic (exact) mass is 403 g/mol. The van der Waals surface area contributed by atoms with Crippen LogP contribution in [-0.2, 0) is 10.0 Å². The van der Waals surface area contributed by atoms with Crippen molar-refractivity contribution in [3.8, 4) is 0 Å². The topological polar surface area (TPSA) is 46.2 Å². The van der Waals surface area contributed by atoms with Crippen LogP contribution >= 0.6 is 31.9 Å². The molecule has 0 atom stereocenters. The first-order chi connectivity index (χ1) is 8.90. The Morgan fingerprint density at radius 3 is 2.32 bits per heavy atom. The summed E-state index contributed by atoms with van der Waals surface area (Å²) in [4.78, 5) is 0.215. The maximum atomic E-state index is 12.3. The van der Waals surface area contributed by atoms with Crippen molar-refractivity contribution in [3.05, 3.63) is 57.0 Å². The molecule has 1 N–H and O–H groups in total. The normalized spacial score (nSPS) is 11.3. The van der Waals surface area contributed by atoms with Crippen LogP contribution < -0.4 is 4.72 Å². The van der Waals surface area contributed by atoms with Gasteiger partial charge in [-0.25, -0.2) is 8.42 Å². The number of benzene rings is 2. The van der Waals surface area contributed by atoms with Gasteiger partial charge in [-0.1, -0.05) is 34.1 Å². The highest BCUT2D eigenvalue weighted by atomic mass is 79.9. The first kappa shape index (κ1) is 14.6. The Morgan fingerprint density at radius 1 is 1.00 bits per heavy atom. The summed E-state index contributed by atoms with van der Waals surface area (Å²) in [5.41, 5.74) is 1.57. The molecular weight excluding hydrogens is 394 g/mol. The second-order valence-electron chi connectivity index (χ2n) is 4.00. The summed E-state index contributed by atoms with van der Waals surface area (Å²) in [5, 5.41) is 0. The minimum absolute atomic E-state index is 0.215. The van der Waals surface area contributed by atoms with Crippen LogP contribution in [0.1, 0.15) is 5.56 Å². The lowest BCUT2D eigenvalue weighted by molar-refractivity contribution is 0.601. The van der Waals surface area contributed by atoms with E-state index >= 15 is 0 Å². The van der Waals surface area contributed by atoms with Gasteiger partial charge in [-0.05, 0) is 52.7 Å². The Hall–Kier alpha value is -0.850. The fourth-order valence-corrected chi connectivity index (χ4v) is 3.96. The number of aryl methyl sites for hydroxylation is 1. The molecule has 2 aromatic carbocycles.